The van der Waals surface area contributed by atoms with E-state index in [1.165, 1.54) is 0 Å². The highest BCUT2D eigenvalue weighted by atomic mass is 16.1. The number of carbonyl (C=O) groups excluding carboxylic acids is 1. The molecule has 0 saturated carbocycles. The summed E-state index contributed by atoms with van der Waals surface area (Å²) in [6.45, 7) is 11.0. The van der Waals surface area contributed by atoms with E-state index in [4.69, 9.17) is 0 Å². The molecule has 0 aliphatic heterocycles. The topological polar surface area (TPSA) is 46.9 Å². The Morgan fingerprint density at radius 3 is 2.62 bits per heavy atom. The smallest absolute Gasteiger partial charge is 0.259 e. The number of aromatic nitrogens is 2. The Morgan fingerprint density at radius 1 is 1.33 bits per heavy atom. The van der Waals surface area contributed by atoms with Gasteiger partial charge in [-0.3, -0.25) is 9.48 Å². The van der Waals surface area contributed by atoms with Gasteiger partial charge in [0.05, 0.1) is 11.8 Å². The van der Waals surface area contributed by atoms with E-state index in [0.717, 1.165) is 29.1 Å². The molecule has 112 valence electrons. The number of hydrogen-bond donors (Lipinski definition) is 1. The summed E-state index contributed by atoms with van der Waals surface area (Å²) < 4.78 is 1.83. The van der Waals surface area contributed by atoms with Crippen molar-refractivity contribution >= 4 is 11.6 Å². The van der Waals surface area contributed by atoms with Crippen molar-refractivity contribution in [2.75, 3.05) is 5.32 Å². The molecule has 0 aliphatic rings. The first-order valence-corrected chi connectivity index (χ1v) is 7.39. The minimum absolute atomic E-state index is 0.0941. The second kappa shape index (κ2) is 6.12. The molecule has 1 amide bonds. The van der Waals surface area contributed by atoms with E-state index in [1.54, 1.807) is 6.20 Å². The van der Waals surface area contributed by atoms with Crippen LogP contribution in [0.15, 0.2) is 24.4 Å². The molecule has 0 spiro atoms. The number of nitrogens with zero attached hydrogens (tertiary/aromatic N) is 2. The predicted octanol–water partition coefficient (Wildman–Crippen LogP) is 3.90. The summed E-state index contributed by atoms with van der Waals surface area (Å²) in [6, 6.07) is 6.11. The van der Waals surface area contributed by atoms with Crippen molar-refractivity contribution < 1.29 is 4.79 Å². The first-order chi connectivity index (χ1) is 9.95. The Bertz CT molecular complexity index is 656. The van der Waals surface area contributed by atoms with Gasteiger partial charge < -0.3 is 5.32 Å². The third kappa shape index (κ3) is 2.99. The zero-order chi connectivity index (χ0) is 15.6. The van der Waals surface area contributed by atoms with Crippen LogP contribution in [0.25, 0.3) is 0 Å². The maximum atomic E-state index is 12.5. The molecule has 4 heteroatoms. The highest BCUT2D eigenvalue weighted by Gasteiger charge is 2.17. The van der Waals surface area contributed by atoms with Crippen LogP contribution in [-0.2, 0) is 6.54 Å². The molecule has 2 rings (SSSR count). The first-order valence-electron chi connectivity index (χ1n) is 7.39. The highest BCUT2D eigenvalue weighted by Crippen LogP contribution is 2.28. The van der Waals surface area contributed by atoms with E-state index >= 15 is 0 Å². The van der Waals surface area contributed by atoms with Gasteiger partial charge in [-0.2, -0.15) is 5.10 Å². The lowest BCUT2D eigenvalue weighted by Gasteiger charge is -2.16. The van der Waals surface area contributed by atoms with E-state index in [1.807, 2.05) is 37.6 Å². The van der Waals surface area contributed by atoms with Crippen LogP contribution in [0, 0.1) is 13.8 Å². The molecular formula is C17H23N3O. The summed E-state index contributed by atoms with van der Waals surface area (Å²) in [4.78, 5) is 12.5. The number of nitrogens with one attached hydrogen (secondary N) is 1. The minimum atomic E-state index is -0.0941. The molecule has 0 atom stereocenters. The lowest BCUT2D eigenvalue weighted by atomic mass is 9.98. The summed E-state index contributed by atoms with van der Waals surface area (Å²) in [5.74, 6) is 0.267. The number of benzene rings is 1. The van der Waals surface area contributed by atoms with Crippen LogP contribution in [0.5, 0.6) is 0 Å². The number of rotatable bonds is 4. The molecule has 0 bridgehead atoms. The Balaban J connectivity index is 2.34. The molecule has 0 fully saturated rings. The SMILES string of the molecule is CCn1ncc(C(=O)Nc2c(C)cccc2C(C)C)c1C. The first kappa shape index (κ1) is 15.3. The van der Waals surface area contributed by atoms with Gasteiger partial charge in [0, 0.05) is 17.9 Å². The number of amides is 1. The van der Waals surface area contributed by atoms with Gasteiger partial charge in [0.2, 0.25) is 0 Å². The van der Waals surface area contributed by atoms with E-state index in [2.05, 4.69) is 30.3 Å². The van der Waals surface area contributed by atoms with Gasteiger partial charge in [-0.05, 0) is 37.8 Å². The van der Waals surface area contributed by atoms with Crippen LogP contribution in [-0.4, -0.2) is 15.7 Å². The van der Waals surface area contributed by atoms with Crippen molar-refractivity contribution in [2.24, 2.45) is 0 Å². The maximum Gasteiger partial charge on any atom is 0.259 e. The molecule has 0 radical (unpaired) electrons. The number of carbonyl (C=O) groups is 1. The van der Waals surface area contributed by atoms with Crippen molar-refractivity contribution in [2.45, 2.75) is 47.1 Å². The van der Waals surface area contributed by atoms with Gasteiger partial charge >= 0.3 is 0 Å². The van der Waals surface area contributed by atoms with Gasteiger partial charge in [-0.25, -0.2) is 0 Å². The standard InChI is InChI=1S/C17H23N3O/c1-6-20-13(5)15(10-18-20)17(21)19-16-12(4)8-7-9-14(16)11(2)3/h7-11H,6H2,1-5H3,(H,19,21). The Morgan fingerprint density at radius 2 is 2.05 bits per heavy atom. The van der Waals surface area contributed by atoms with E-state index < -0.39 is 0 Å². The van der Waals surface area contributed by atoms with Gasteiger partial charge in [0.1, 0.15) is 0 Å². The predicted molar refractivity (Wildman–Crippen MR) is 85.9 cm³/mol. The average molecular weight is 285 g/mol. The van der Waals surface area contributed by atoms with E-state index in [-0.39, 0.29) is 5.91 Å². The zero-order valence-electron chi connectivity index (χ0n) is 13.4. The number of hydrogen-bond acceptors (Lipinski definition) is 2. The highest BCUT2D eigenvalue weighted by molar-refractivity contribution is 6.05. The van der Waals surface area contributed by atoms with Crippen molar-refractivity contribution in [3.8, 4) is 0 Å². The molecule has 2 aromatic rings. The van der Waals surface area contributed by atoms with Crippen LogP contribution >= 0.6 is 0 Å². The van der Waals surface area contributed by atoms with Crippen molar-refractivity contribution in [3.05, 3.63) is 46.8 Å². The van der Waals surface area contributed by atoms with Gasteiger partial charge in [-0.1, -0.05) is 32.0 Å². The summed E-state index contributed by atoms with van der Waals surface area (Å²) in [5, 5.41) is 7.30. The number of para-hydroxylation sites is 1. The van der Waals surface area contributed by atoms with Crippen molar-refractivity contribution in [1.29, 1.82) is 0 Å². The Kier molecular flexibility index (Phi) is 4.46. The molecule has 0 saturated heterocycles. The zero-order valence-corrected chi connectivity index (χ0v) is 13.4. The Labute approximate surface area is 126 Å². The molecule has 0 aliphatic carbocycles. The molecule has 21 heavy (non-hydrogen) atoms. The quantitative estimate of drug-likeness (QED) is 0.926. The second-order valence-corrected chi connectivity index (χ2v) is 5.61. The minimum Gasteiger partial charge on any atom is -0.321 e. The van der Waals surface area contributed by atoms with Crippen molar-refractivity contribution in [1.82, 2.24) is 9.78 Å². The molecule has 4 nitrogen and oxygen atoms in total. The summed E-state index contributed by atoms with van der Waals surface area (Å²) in [7, 11) is 0. The van der Waals surface area contributed by atoms with Crippen LogP contribution in [0.1, 0.15) is 53.9 Å². The summed E-state index contributed by atoms with van der Waals surface area (Å²) >= 11 is 0. The molecule has 1 heterocycles. The van der Waals surface area contributed by atoms with E-state index in [0.29, 0.717) is 11.5 Å². The van der Waals surface area contributed by atoms with E-state index in [9.17, 15) is 4.79 Å². The van der Waals surface area contributed by atoms with Gasteiger partial charge in [-0.15, -0.1) is 0 Å². The average Bonchev–Trinajstić information content (AvgIpc) is 2.81. The van der Waals surface area contributed by atoms with Crippen LogP contribution in [0.4, 0.5) is 5.69 Å². The van der Waals surface area contributed by atoms with Crippen LogP contribution in [0.2, 0.25) is 0 Å². The molecule has 1 aromatic carbocycles. The number of aryl methyl sites for hydroxylation is 2. The molecule has 1 N–H and O–H groups in total. The summed E-state index contributed by atoms with van der Waals surface area (Å²) in [6.07, 6.45) is 1.64. The third-order valence-corrected chi connectivity index (χ3v) is 3.81. The third-order valence-electron chi connectivity index (χ3n) is 3.81. The normalized spacial score (nSPS) is 11.0. The van der Waals surface area contributed by atoms with Gasteiger partial charge in [0.15, 0.2) is 0 Å². The van der Waals surface area contributed by atoms with Gasteiger partial charge in [0.25, 0.3) is 5.91 Å². The second-order valence-electron chi connectivity index (χ2n) is 5.61. The fourth-order valence-corrected chi connectivity index (χ4v) is 2.51. The maximum absolute atomic E-state index is 12.5. The van der Waals surface area contributed by atoms with Crippen molar-refractivity contribution in [3.63, 3.8) is 0 Å². The monoisotopic (exact) mass is 285 g/mol. The fourth-order valence-electron chi connectivity index (χ4n) is 2.51. The Hall–Kier alpha value is -2.10. The molecule has 0 unspecified atom stereocenters. The lowest BCUT2D eigenvalue weighted by molar-refractivity contribution is 0.102. The fraction of sp³-hybridized carbons (Fsp3) is 0.412. The molecular weight excluding hydrogens is 262 g/mol. The lowest BCUT2D eigenvalue weighted by Crippen LogP contribution is -2.15. The van der Waals surface area contributed by atoms with Crippen LogP contribution in [0.3, 0.4) is 0 Å². The summed E-state index contributed by atoms with van der Waals surface area (Å²) in [5.41, 5.74) is 4.68. The largest absolute Gasteiger partial charge is 0.321 e. The molecule has 1 aromatic heterocycles. The van der Waals surface area contributed by atoms with Crippen LogP contribution < -0.4 is 5.32 Å². The number of anilines is 1.